The van der Waals surface area contributed by atoms with Crippen LogP contribution >= 0.6 is 0 Å². The predicted molar refractivity (Wildman–Crippen MR) is 113 cm³/mol. The van der Waals surface area contributed by atoms with Crippen molar-refractivity contribution in [2.75, 3.05) is 6.54 Å². The number of hydrogen-bond donors (Lipinski definition) is 1. The maximum Gasteiger partial charge on any atom is 0.331 e. The summed E-state index contributed by atoms with van der Waals surface area (Å²) in [5.41, 5.74) is 2.76. The molecule has 0 radical (unpaired) electrons. The molecular formula is C23H24N4O3. The molecule has 7 heteroatoms. The minimum Gasteiger partial charge on any atom is -0.449 e. The number of hydrogen-bond acceptors (Lipinski definition) is 5. The van der Waals surface area contributed by atoms with Gasteiger partial charge < -0.3 is 10.1 Å². The Hall–Kier alpha value is -3.74. The highest BCUT2D eigenvalue weighted by Crippen LogP contribution is 2.04. The second kappa shape index (κ2) is 10.7. The number of carbonyl (C=O) groups is 2. The lowest BCUT2D eigenvalue weighted by atomic mass is 10.1. The molecule has 0 aliphatic carbocycles. The van der Waals surface area contributed by atoms with Crippen LogP contribution in [0.2, 0.25) is 0 Å². The molecule has 1 amide bonds. The first kappa shape index (κ1) is 21.0. The monoisotopic (exact) mass is 404 g/mol. The smallest absolute Gasteiger partial charge is 0.331 e. The van der Waals surface area contributed by atoms with Crippen molar-refractivity contribution in [3.8, 4) is 0 Å². The molecule has 0 fully saturated rings. The SMILES string of the molecule is C[C@H](OC(=O)/C=C/c1cn(Cc2ccccc2)nn1)C(=O)NCCc1ccccc1. The number of nitrogens with zero attached hydrogens (tertiary/aromatic N) is 3. The van der Waals surface area contributed by atoms with Gasteiger partial charge in [0.15, 0.2) is 6.10 Å². The third-order valence-electron chi connectivity index (χ3n) is 4.35. The van der Waals surface area contributed by atoms with Gasteiger partial charge in [0.25, 0.3) is 5.91 Å². The van der Waals surface area contributed by atoms with Crippen molar-refractivity contribution < 1.29 is 14.3 Å². The van der Waals surface area contributed by atoms with Gasteiger partial charge >= 0.3 is 5.97 Å². The van der Waals surface area contributed by atoms with Gasteiger partial charge in [0.1, 0.15) is 5.69 Å². The van der Waals surface area contributed by atoms with Crippen LogP contribution in [0, 0.1) is 0 Å². The van der Waals surface area contributed by atoms with Crippen LogP contribution in [0.15, 0.2) is 72.9 Å². The molecule has 0 saturated heterocycles. The van der Waals surface area contributed by atoms with Gasteiger partial charge in [-0.25, -0.2) is 9.48 Å². The summed E-state index contributed by atoms with van der Waals surface area (Å²) in [6.07, 6.45) is 4.32. The highest BCUT2D eigenvalue weighted by Gasteiger charge is 2.16. The lowest BCUT2D eigenvalue weighted by molar-refractivity contribution is -0.150. The Bertz CT molecular complexity index is 984. The number of esters is 1. The molecule has 154 valence electrons. The molecule has 1 atom stereocenters. The van der Waals surface area contributed by atoms with Crippen molar-refractivity contribution in [3.05, 3.63) is 89.8 Å². The van der Waals surface area contributed by atoms with Crippen molar-refractivity contribution in [1.29, 1.82) is 0 Å². The first-order valence-corrected chi connectivity index (χ1v) is 9.74. The number of rotatable bonds is 9. The Labute approximate surface area is 175 Å². The van der Waals surface area contributed by atoms with Crippen LogP contribution in [0.3, 0.4) is 0 Å². The molecule has 3 rings (SSSR count). The Kier molecular flexibility index (Phi) is 7.49. The van der Waals surface area contributed by atoms with Gasteiger partial charge in [-0.2, -0.15) is 0 Å². The summed E-state index contributed by atoms with van der Waals surface area (Å²) in [7, 11) is 0. The molecular weight excluding hydrogens is 380 g/mol. The standard InChI is InChI=1S/C23H24N4O3/c1-18(23(29)24-15-14-19-8-4-2-5-9-19)30-22(28)13-12-21-17-27(26-25-21)16-20-10-6-3-7-11-20/h2-13,17-18H,14-16H2,1H3,(H,24,29)/b13-12+/t18-/m0/s1. The molecule has 7 nitrogen and oxygen atoms in total. The van der Waals surface area contributed by atoms with Crippen LogP contribution in [0.5, 0.6) is 0 Å². The molecule has 0 aliphatic rings. The van der Waals surface area contributed by atoms with E-state index in [-0.39, 0.29) is 5.91 Å². The van der Waals surface area contributed by atoms with Crippen LogP contribution in [0.1, 0.15) is 23.7 Å². The van der Waals surface area contributed by atoms with Crippen LogP contribution in [0.4, 0.5) is 0 Å². The van der Waals surface area contributed by atoms with E-state index in [0.29, 0.717) is 25.2 Å². The summed E-state index contributed by atoms with van der Waals surface area (Å²) in [4.78, 5) is 24.1. The van der Waals surface area contributed by atoms with Gasteiger partial charge in [0.05, 0.1) is 12.7 Å². The lowest BCUT2D eigenvalue weighted by Crippen LogP contribution is -2.36. The van der Waals surface area contributed by atoms with Crippen molar-refractivity contribution in [3.63, 3.8) is 0 Å². The number of carbonyl (C=O) groups excluding carboxylic acids is 2. The van der Waals surface area contributed by atoms with Gasteiger partial charge in [-0.3, -0.25) is 4.79 Å². The fraction of sp³-hybridized carbons (Fsp3) is 0.217. The number of benzene rings is 2. The number of nitrogens with one attached hydrogen (secondary N) is 1. The topological polar surface area (TPSA) is 86.1 Å². The van der Waals surface area contributed by atoms with E-state index in [1.165, 1.54) is 12.2 Å². The largest absolute Gasteiger partial charge is 0.449 e. The summed E-state index contributed by atoms with van der Waals surface area (Å²) in [6.45, 7) is 2.61. The van der Waals surface area contributed by atoms with Gasteiger partial charge in [0, 0.05) is 12.6 Å². The van der Waals surface area contributed by atoms with E-state index in [4.69, 9.17) is 4.74 Å². The maximum atomic E-state index is 12.1. The summed E-state index contributed by atoms with van der Waals surface area (Å²) in [6, 6.07) is 19.7. The summed E-state index contributed by atoms with van der Waals surface area (Å²) >= 11 is 0. The van der Waals surface area contributed by atoms with E-state index < -0.39 is 12.1 Å². The van der Waals surface area contributed by atoms with E-state index >= 15 is 0 Å². The highest BCUT2D eigenvalue weighted by molar-refractivity contribution is 5.90. The molecule has 0 aliphatic heterocycles. The van der Waals surface area contributed by atoms with Crippen molar-refractivity contribution in [2.45, 2.75) is 26.0 Å². The molecule has 2 aromatic carbocycles. The average Bonchev–Trinajstić information content (AvgIpc) is 3.21. The molecule has 0 spiro atoms. The minimum absolute atomic E-state index is 0.332. The Balaban J connectivity index is 1.42. The van der Waals surface area contributed by atoms with Crippen molar-refractivity contribution in [2.24, 2.45) is 0 Å². The number of amides is 1. The first-order chi connectivity index (χ1) is 14.6. The quantitative estimate of drug-likeness (QED) is 0.438. The second-order valence-corrected chi connectivity index (χ2v) is 6.77. The van der Waals surface area contributed by atoms with Gasteiger partial charge in [0.2, 0.25) is 0 Å². The van der Waals surface area contributed by atoms with Gasteiger partial charge in [-0.05, 0) is 30.5 Å². The third-order valence-corrected chi connectivity index (χ3v) is 4.35. The maximum absolute atomic E-state index is 12.1. The van der Waals surface area contributed by atoms with E-state index in [9.17, 15) is 9.59 Å². The molecule has 1 N–H and O–H groups in total. The summed E-state index contributed by atoms with van der Waals surface area (Å²) in [5.74, 6) is -0.945. The van der Waals surface area contributed by atoms with Crippen LogP contribution in [0.25, 0.3) is 6.08 Å². The molecule has 3 aromatic rings. The molecule has 1 aromatic heterocycles. The van der Waals surface area contributed by atoms with E-state index in [2.05, 4.69) is 15.6 Å². The summed E-state index contributed by atoms with van der Waals surface area (Å²) in [5, 5.41) is 10.8. The molecule has 0 unspecified atom stereocenters. The third kappa shape index (κ3) is 6.70. The Morgan fingerprint density at radius 1 is 1.07 bits per heavy atom. The molecule has 0 saturated carbocycles. The van der Waals surface area contributed by atoms with Gasteiger partial charge in [-0.15, -0.1) is 5.10 Å². The van der Waals surface area contributed by atoms with E-state index in [1.807, 2.05) is 60.7 Å². The van der Waals surface area contributed by atoms with Crippen LogP contribution in [-0.2, 0) is 27.3 Å². The summed E-state index contributed by atoms with van der Waals surface area (Å²) < 4.78 is 6.83. The number of ether oxygens (including phenoxy) is 1. The highest BCUT2D eigenvalue weighted by atomic mass is 16.5. The zero-order chi connectivity index (χ0) is 21.2. The predicted octanol–water partition coefficient (Wildman–Crippen LogP) is 2.63. The van der Waals surface area contributed by atoms with E-state index in [1.54, 1.807) is 17.8 Å². The molecule has 0 bridgehead atoms. The zero-order valence-corrected chi connectivity index (χ0v) is 16.8. The van der Waals surface area contributed by atoms with Crippen molar-refractivity contribution >= 4 is 18.0 Å². The average molecular weight is 404 g/mol. The van der Waals surface area contributed by atoms with Crippen LogP contribution in [-0.4, -0.2) is 39.5 Å². The Morgan fingerprint density at radius 2 is 1.73 bits per heavy atom. The second-order valence-electron chi connectivity index (χ2n) is 6.77. The van der Waals surface area contributed by atoms with Crippen LogP contribution < -0.4 is 5.32 Å². The fourth-order valence-corrected chi connectivity index (χ4v) is 2.78. The Morgan fingerprint density at radius 3 is 2.43 bits per heavy atom. The molecule has 30 heavy (non-hydrogen) atoms. The lowest BCUT2D eigenvalue weighted by Gasteiger charge is -2.12. The van der Waals surface area contributed by atoms with Gasteiger partial charge in [-0.1, -0.05) is 65.9 Å². The normalized spacial score (nSPS) is 11.9. The zero-order valence-electron chi connectivity index (χ0n) is 16.8. The number of aromatic nitrogens is 3. The fourth-order valence-electron chi connectivity index (χ4n) is 2.78. The molecule has 1 heterocycles. The van der Waals surface area contributed by atoms with E-state index in [0.717, 1.165) is 11.1 Å². The minimum atomic E-state index is -0.883. The first-order valence-electron chi connectivity index (χ1n) is 9.74. The van der Waals surface area contributed by atoms with Crippen molar-refractivity contribution in [1.82, 2.24) is 20.3 Å².